The molecular weight excluding hydrogens is 238 g/mol. The third-order valence-corrected chi connectivity index (χ3v) is 2.63. The molecule has 0 atom stereocenters. The van der Waals surface area contributed by atoms with Crippen LogP contribution in [0.25, 0.3) is 0 Å². The lowest BCUT2D eigenvalue weighted by atomic mass is 10.2. The van der Waals surface area contributed by atoms with Crippen molar-refractivity contribution in [3.8, 4) is 0 Å². The Labute approximate surface area is 112 Å². The first-order valence-electron chi connectivity index (χ1n) is 6.07. The Morgan fingerprint density at radius 1 is 1.26 bits per heavy atom. The predicted octanol–water partition coefficient (Wildman–Crippen LogP) is 1.47. The van der Waals surface area contributed by atoms with Gasteiger partial charge in [0.2, 0.25) is 0 Å². The number of hydrazone groups is 1. The van der Waals surface area contributed by atoms with Crippen molar-refractivity contribution < 1.29 is 9.36 Å². The molecule has 1 aromatic carbocycles. The number of hydrogen-bond acceptors (Lipinski definition) is 2. The fourth-order valence-electron chi connectivity index (χ4n) is 1.66. The van der Waals surface area contributed by atoms with Crippen LogP contribution in [0.15, 0.2) is 60.0 Å². The number of nitrogens with one attached hydrogen (secondary N) is 1. The van der Waals surface area contributed by atoms with Crippen LogP contribution in [-0.2, 0) is 13.5 Å². The van der Waals surface area contributed by atoms with Crippen LogP contribution >= 0.6 is 0 Å². The number of rotatable bonds is 4. The summed E-state index contributed by atoms with van der Waals surface area (Å²) in [6.07, 6.45) is 6.01. The summed E-state index contributed by atoms with van der Waals surface area (Å²) in [5.74, 6) is -0.208. The summed E-state index contributed by atoms with van der Waals surface area (Å²) in [7, 11) is 1.87. The fraction of sp³-hybridized carbons (Fsp3) is 0.133. The number of benzene rings is 1. The van der Waals surface area contributed by atoms with Gasteiger partial charge in [-0.1, -0.05) is 30.3 Å². The lowest BCUT2D eigenvalue weighted by molar-refractivity contribution is -0.671. The molecule has 4 nitrogen and oxygen atoms in total. The molecule has 0 unspecified atom stereocenters. The molecule has 0 fully saturated rings. The van der Waals surface area contributed by atoms with E-state index in [1.165, 1.54) is 0 Å². The molecule has 0 radical (unpaired) electrons. The Hall–Kier alpha value is -2.49. The number of carbonyl (C=O) groups is 1. The van der Waals surface area contributed by atoms with Gasteiger partial charge >= 0.3 is 0 Å². The number of aryl methyl sites for hydroxylation is 1. The van der Waals surface area contributed by atoms with Crippen molar-refractivity contribution in [2.24, 2.45) is 12.1 Å². The third-order valence-electron chi connectivity index (χ3n) is 2.63. The van der Waals surface area contributed by atoms with Crippen molar-refractivity contribution in [2.75, 3.05) is 0 Å². The van der Waals surface area contributed by atoms with E-state index >= 15 is 0 Å². The van der Waals surface area contributed by atoms with E-state index in [1.54, 1.807) is 18.5 Å². The molecule has 0 aliphatic rings. The highest BCUT2D eigenvalue weighted by atomic mass is 16.2. The second-order valence-corrected chi connectivity index (χ2v) is 4.20. The largest absolute Gasteiger partial charge is 0.277 e. The number of carbonyl (C=O) groups excluding carboxylic acids is 1. The van der Waals surface area contributed by atoms with Crippen LogP contribution in [0.4, 0.5) is 0 Å². The molecule has 0 aliphatic heterocycles. The quantitative estimate of drug-likeness (QED) is 0.501. The van der Waals surface area contributed by atoms with Crippen molar-refractivity contribution in [2.45, 2.75) is 6.42 Å². The van der Waals surface area contributed by atoms with Crippen LogP contribution in [0.2, 0.25) is 0 Å². The molecule has 0 saturated heterocycles. The Morgan fingerprint density at radius 3 is 2.79 bits per heavy atom. The highest BCUT2D eigenvalue weighted by Gasteiger charge is 2.06. The van der Waals surface area contributed by atoms with Crippen molar-refractivity contribution in [3.63, 3.8) is 0 Å². The average Bonchev–Trinajstić information content (AvgIpc) is 2.44. The SMILES string of the molecule is C[n+]1cccc(C(=O)N/N=C/Cc2ccccc2)c1. The van der Waals surface area contributed by atoms with Gasteiger partial charge in [0.25, 0.3) is 5.91 Å². The van der Waals surface area contributed by atoms with Gasteiger partial charge in [0.05, 0.1) is 0 Å². The van der Waals surface area contributed by atoms with Crippen LogP contribution in [0.3, 0.4) is 0 Å². The van der Waals surface area contributed by atoms with Crippen molar-refractivity contribution in [1.29, 1.82) is 0 Å². The highest BCUT2D eigenvalue weighted by Crippen LogP contribution is 1.97. The summed E-state index contributed by atoms with van der Waals surface area (Å²) < 4.78 is 1.82. The molecule has 1 N–H and O–H groups in total. The molecule has 4 heteroatoms. The third kappa shape index (κ3) is 4.03. The van der Waals surface area contributed by atoms with E-state index in [1.807, 2.05) is 54.2 Å². The van der Waals surface area contributed by atoms with Gasteiger partial charge in [-0.2, -0.15) is 5.10 Å². The number of nitrogens with zero attached hydrogens (tertiary/aromatic N) is 2. The molecule has 1 heterocycles. The Kier molecular flexibility index (Phi) is 4.39. The number of amides is 1. The molecule has 0 saturated carbocycles. The summed E-state index contributed by atoms with van der Waals surface area (Å²) >= 11 is 0. The van der Waals surface area contributed by atoms with Crippen LogP contribution in [0.1, 0.15) is 15.9 Å². The van der Waals surface area contributed by atoms with Crippen molar-refractivity contribution in [3.05, 3.63) is 66.0 Å². The first-order chi connectivity index (χ1) is 9.25. The first kappa shape index (κ1) is 13.0. The molecule has 0 spiro atoms. The van der Waals surface area contributed by atoms with Gasteiger partial charge in [0.15, 0.2) is 12.4 Å². The lowest BCUT2D eigenvalue weighted by Gasteiger charge is -1.98. The normalized spacial score (nSPS) is 10.6. The first-order valence-corrected chi connectivity index (χ1v) is 6.07. The summed E-state index contributed by atoms with van der Waals surface area (Å²) in [6, 6.07) is 13.5. The molecule has 96 valence electrons. The van der Waals surface area contributed by atoms with E-state index in [2.05, 4.69) is 10.5 Å². The van der Waals surface area contributed by atoms with Crippen molar-refractivity contribution >= 4 is 12.1 Å². The van der Waals surface area contributed by atoms with Crippen molar-refractivity contribution in [1.82, 2.24) is 5.43 Å². The monoisotopic (exact) mass is 254 g/mol. The van der Waals surface area contributed by atoms with E-state index in [9.17, 15) is 4.79 Å². The molecule has 0 aliphatic carbocycles. The van der Waals surface area contributed by atoms with E-state index in [4.69, 9.17) is 0 Å². The van der Waals surface area contributed by atoms with Gasteiger partial charge in [-0.25, -0.2) is 9.99 Å². The molecule has 2 rings (SSSR count). The average molecular weight is 254 g/mol. The molecule has 1 amide bonds. The zero-order valence-electron chi connectivity index (χ0n) is 10.8. The second-order valence-electron chi connectivity index (χ2n) is 4.20. The topological polar surface area (TPSA) is 45.3 Å². The van der Waals surface area contributed by atoms with Crippen LogP contribution in [-0.4, -0.2) is 12.1 Å². The van der Waals surface area contributed by atoms with Gasteiger partial charge in [-0.15, -0.1) is 0 Å². The minimum absolute atomic E-state index is 0.208. The maximum atomic E-state index is 11.8. The molecule has 1 aromatic heterocycles. The molecule has 0 bridgehead atoms. The van der Waals surface area contributed by atoms with E-state index in [0.29, 0.717) is 12.0 Å². The summed E-state index contributed by atoms with van der Waals surface area (Å²) in [6.45, 7) is 0. The van der Waals surface area contributed by atoms with Crippen LogP contribution in [0.5, 0.6) is 0 Å². The standard InChI is InChI=1S/C15H15N3O/c1-18-11-5-8-14(12-18)15(19)17-16-10-9-13-6-3-2-4-7-13/h2-8,10-12H,9H2,1H3/p+1/b16-10+. The highest BCUT2D eigenvalue weighted by molar-refractivity contribution is 5.93. The molecule has 19 heavy (non-hydrogen) atoms. The maximum absolute atomic E-state index is 11.8. The number of hydrogen-bond donors (Lipinski definition) is 1. The minimum atomic E-state index is -0.208. The van der Waals surface area contributed by atoms with E-state index in [0.717, 1.165) is 5.56 Å². The lowest BCUT2D eigenvalue weighted by Crippen LogP contribution is -2.29. The molecule has 2 aromatic rings. The molecular formula is C15H16N3O+. The van der Waals surface area contributed by atoms with Crippen LogP contribution in [0, 0.1) is 0 Å². The predicted molar refractivity (Wildman–Crippen MR) is 73.7 cm³/mol. The van der Waals surface area contributed by atoms with Gasteiger partial charge in [-0.3, -0.25) is 4.79 Å². The Bertz CT molecular complexity index is 579. The van der Waals surface area contributed by atoms with Gasteiger partial charge in [0.1, 0.15) is 12.6 Å². The number of pyridine rings is 1. The number of aromatic nitrogens is 1. The maximum Gasteiger partial charge on any atom is 0.277 e. The zero-order valence-corrected chi connectivity index (χ0v) is 10.8. The van der Waals surface area contributed by atoms with Gasteiger partial charge in [0, 0.05) is 18.7 Å². The van der Waals surface area contributed by atoms with Gasteiger partial charge in [-0.05, 0) is 11.6 Å². The second kappa shape index (κ2) is 6.44. The Balaban J connectivity index is 1.87. The summed E-state index contributed by atoms with van der Waals surface area (Å²) in [5.41, 5.74) is 4.26. The van der Waals surface area contributed by atoms with E-state index < -0.39 is 0 Å². The fourth-order valence-corrected chi connectivity index (χ4v) is 1.66. The minimum Gasteiger partial charge on any atom is -0.267 e. The summed E-state index contributed by atoms with van der Waals surface area (Å²) in [4.78, 5) is 11.8. The van der Waals surface area contributed by atoms with Gasteiger partial charge < -0.3 is 0 Å². The van der Waals surface area contributed by atoms with Crippen LogP contribution < -0.4 is 9.99 Å². The smallest absolute Gasteiger partial charge is 0.267 e. The zero-order chi connectivity index (χ0) is 13.5. The summed E-state index contributed by atoms with van der Waals surface area (Å²) in [5, 5.41) is 3.94. The Morgan fingerprint density at radius 2 is 2.05 bits per heavy atom. The van der Waals surface area contributed by atoms with E-state index in [-0.39, 0.29) is 5.91 Å².